The molecule has 9 nitrogen and oxygen atoms in total. The van der Waals surface area contributed by atoms with E-state index >= 15 is 0 Å². The highest BCUT2D eigenvalue weighted by molar-refractivity contribution is 7.92. The van der Waals surface area contributed by atoms with E-state index in [0.29, 0.717) is 11.4 Å². The SMILES string of the molecule is Cc1nc(-c2nnc(NC(=O)c3ccc(S(=O)(=O)N(C)c4ccccc4)cc3)o2)cs1. The van der Waals surface area contributed by atoms with Crippen LogP contribution in [0.1, 0.15) is 15.4 Å². The number of amides is 1. The number of thiazole rings is 1. The number of sulfonamides is 1. The largest absolute Gasteiger partial charge is 0.401 e. The first-order valence-electron chi connectivity index (χ1n) is 9.06. The summed E-state index contributed by atoms with van der Waals surface area (Å²) in [6.07, 6.45) is 0. The average molecular weight is 456 g/mol. The van der Waals surface area contributed by atoms with E-state index in [1.807, 2.05) is 13.0 Å². The average Bonchev–Trinajstić information content (AvgIpc) is 3.42. The number of benzene rings is 2. The maximum Gasteiger partial charge on any atom is 0.322 e. The molecule has 4 rings (SSSR count). The van der Waals surface area contributed by atoms with Gasteiger partial charge in [-0.05, 0) is 43.3 Å². The van der Waals surface area contributed by atoms with Crippen LogP contribution >= 0.6 is 11.3 Å². The van der Waals surface area contributed by atoms with Crippen molar-refractivity contribution in [3.8, 4) is 11.6 Å². The molecule has 0 saturated carbocycles. The van der Waals surface area contributed by atoms with Crippen molar-refractivity contribution >= 4 is 39.0 Å². The van der Waals surface area contributed by atoms with Crippen LogP contribution < -0.4 is 9.62 Å². The van der Waals surface area contributed by atoms with Crippen molar-refractivity contribution < 1.29 is 17.6 Å². The molecule has 0 aliphatic carbocycles. The van der Waals surface area contributed by atoms with Crippen LogP contribution in [0.25, 0.3) is 11.6 Å². The van der Waals surface area contributed by atoms with Gasteiger partial charge in [0.15, 0.2) is 0 Å². The molecule has 11 heteroatoms. The first-order chi connectivity index (χ1) is 14.8. The van der Waals surface area contributed by atoms with E-state index in [4.69, 9.17) is 4.42 Å². The molecule has 0 saturated heterocycles. The van der Waals surface area contributed by atoms with Gasteiger partial charge in [0.05, 0.1) is 15.6 Å². The third-order valence-corrected chi connectivity index (χ3v) is 6.95. The molecule has 1 amide bonds. The molecule has 0 spiro atoms. The van der Waals surface area contributed by atoms with E-state index in [0.717, 1.165) is 5.01 Å². The third-order valence-electron chi connectivity index (χ3n) is 4.38. The van der Waals surface area contributed by atoms with E-state index in [9.17, 15) is 13.2 Å². The zero-order chi connectivity index (χ0) is 22.0. The Hall–Kier alpha value is -3.57. The molecular formula is C20H17N5O4S2. The van der Waals surface area contributed by atoms with Crippen LogP contribution in [0.15, 0.2) is 69.3 Å². The summed E-state index contributed by atoms with van der Waals surface area (Å²) in [6, 6.07) is 14.2. The molecule has 1 N–H and O–H groups in total. The summed E-state index contributed by atoms with van der Waals surface area (Å²) in [4.78, 5) is 16.8. The lowest BCUT2D eigenvalue weighted by atomic mass is 10.2. The van der Waals surface area contributed by atoms with Crippen molar-refractivity contribution in [1.29, 1.82) is 0 Å². The second-order valence-corrected chi connectivity index (χ2v) is 9.48. The zero-order valence-electron chi connectivity index (χ0n) is 16.5. The number of aromatic nitrogens is 3. The molecular weight excluding hydrogens is 438 g/mol. The minimum atomic E-state index is -3.76. The third kappa shape index (κ3) is 4.32. The highest BCUT2D eigenvalue weighted by Gasteiger charge is 2.22. The van der Waals surface area contributed by atoms with Gasteiger partial charge in [-0.2, -0.15) is 0 Å². The Kier molecular flexibility index (Phi) is 5.53. The Morgan fingerprint density at radius 1 is 1.06 bits per heavy atom. The normalized spacial score (nSPS) is 11.3. The summed E-state index contributed by atoms with van der Waals surface area (Å²) in [6.45, 7) is 1.86. The van der Waals surface area contributed by atoms with Gasteiger partial charge in [-0.1, -0.05) is 23.3 Å². The molecule has 158 valence electrons. The second kappa shape index (κ2) is 8.28. The van der Waals surface area contributed by atoms with E-state index in [2.05, 4.69) is 20.5 Å². The molecule has 0 aliphatic heterocycles. The monoisotopic (exact) mass is 455 g/mol. The standard InChI is InChI=1S/C20H17N5O4S2/c1-13-21-17(12-30-13)19-23-24-20(29-19)22-18(26)14-8-10-16(11-9-14)31(27,28)25(2)15-6-4-3-5-7-15/h3-12H,1-2H3,(H,22,24,26). The number of para-hydroxylation sites is 1. The van der Waals surface area contributed by atoms with Crippen molar-refractivity contribution in [2.45, 2.75) is 11.8 Å². The van der Waals surface area contributed by atoms with Crippen molar-refractivity contribution in [3.63, 3.8) is 0 Å². The van der Waals surface area contributed by atoms with Crippen molar-refractivity contribution in [3.05, 3.63) is 70.5 Å². The number of hydrogen-bond acceptors (Lipinski definition) is 8. The van der Waals surface area contributed by atoms with Crippen LogP contribution in [0.2, 0.25) is 0 Å². The fraction of sp³-hybridized carbons (Fsp3) is 0.100. The Morgan fingerprint density at radius 2 is 1.77 bits per heavy atom. The summed E-state index contributed by atoms with van der Waals surface area (Å²) in [5, 5.41) is 12.8. The number of aryl methyl sites for hydroxylation is 1. The van der Waals surface area contributed by atoms with Gasteiger partial charge in [-0.25, -0.2) is 13.4 Å². The first kappa shape index (κ1) is 20.7. The number of anilines is 2. The summed E-state index contributed by atoms with van der Waals surface area (Å²) in [7, 11) is -2.29. The highest BCUT2D eigenvalue weighted by atomic mass is 32.2. The molecule has 31 heavy (non-hydrogen) atoms. The van der Waals surface area contributed by atoms with Gasteiger partial charge >= 0.3 is 6.01 Å². The lowest BCUT2D eigenvalue weighted by molar-refractivity contribution is 0.102. The number of rotatable bonds is 6. The zero-order valence-corrected chi connectivity index (χ0v) is 18.1. The fourth-order valence-electron chi connectivity index (χ4n) is 2.72. The molecule has 4 aromatic rings. The Bertz CT molecular complexity index is 1320. The number of nitrogens with zero attached hydrogens (tertiary/aromatic N) is 4. The predicted octanol–water partition coefficient (Wildman–Crippen LogP) is 3.58. The van der Waals surface area contributed by atoms with Crippen LogP contribution in [0.5, 0.6) is 0 Å². The van der Waals surface area contributed by atoms with Gasteiger partial charge in [0.25, 0.3) is 21.8 Å². The van der Waals surface area contributed by atoms with Crippen LogP contribution in [-0.2, 0) is 10.0 Å². The van der Waals surface area contributed by atoms with Crippen molar-refractivity contribution in [1.82, 2.24) is 15.2 Å². The van der Waals surface area contributed by atoms with Gasteiger partial charge in [-0.15, -0.1) is 16.4 Å². The summed E-state index contributed by atoms with van der Waals surface area (Å²) in [5.41, 5.74) is 1.31. The Labute approximate surface area is 182 Å². The smallest absolute Gasteiger partial charge is 0.322 e. The summed E-state index contributed by atoms with van der Waals surface area (Å²) >= 11 is 1.44. The highest BCUT2D eigenvalue weighted by Crippen LogP contribution is 2.23. The van der Waals surface area contributed by atoms with Crippen LogP contribution in [0.3, 0.4) is 0 Å². The van der Waals surface area contributed by atoms with E-state index in [-0.39, 0.29) is 22.4 Å². The topological polar surface area (TPSA) is 118 Å². The molecule has 2 aromatic heterocycles. The first-order valence-corrected chi connectivity index (χ1v) is 11.4. The molecule has 0 atom stereocenters. The maximum absolute atomic E-state index is 12.8. The number of carbonyl (C=O) groups is 1. The molecule has 0 fully saturated rings. The summed E-state index contributed by atoms with van der Waals surface area (Å²) < 4.78 is 32.3. The van der Waals surface area contributed by atoms with Crippen LogP contribution in [0.4, 0.5) is 11.7 Å². The van der Waals surface area contributed by atoms with Gasteiger partial charge in [0.2, 0.25) is 0 Å². The fourth-order valence-corrected chi connectivity index (χ4v) is 4.50. The lowest BCUT2D eigenvalue weighted by Crippen LogP contribution is -2.26. The Balaban J connectivity index is 1.48. The number of nitrogens with one attached hydrogen (secondary N) is 1. The molecule has 0 aliphatic rings. The number of hydrogen-bond donors (Lipinski definition) is 1. The quantitative estimate of drug-likeness (QED) is 0.472. The van der Waals surface area contributed by atoms with Crippen LogP contribution in [0, 0.1) is 6.92 Å². The van der Waals surface area contributed by atoms with Gasteiger partial charge in [-0.3, -0.25) is 14.4 Å². The van der Waals surface area contributed by atoms with Gasteiger partial charge < -0.3 is 4.42 Å². The van der Waals surface area contributed by atoms with Crippen LogP contribution in [-0.4, -0.2) is 36.6 Å². The second-order valence-electron chi connectivity index (χ2n) is 6.45. The molecule has 0 radical (unpaired) electrons. The molecule has 2 heterocycles. The molecule has 0 unspecified atom stereocenters. The van der Waals surface area contributed by atoms with Crippen molar-refractivity contribution in [2.75, 3.05) is 16.7 Å². The number of carbonyl (C=O) groups excluding carboxylic acids is 1. The Morgan fingerprint density at radius 3 is 2.42 bits per heavy atom. The summed E-state index contributed by atoms with van der Waals surface area (Å²) in [5.74, 6) is -0.310. The van der Waals surface area contributed by atoms with Gasteiger partial charge in [0, 0.05) is 18.0 Å². The van der Waals surface area contributed by atoms with E-state index in [1.54, 1.807) is 29.6 Å². The minimum Gasteiger partial charge on any atom is -0.401 e. The van der Waals surface area contributed by atoms with E-state index in [1.165, 1.54) is 47.0 Å². The minimum absolute atomic E-state index is 0.0642. The molecule has 0 bridgehead atoms. The molecule has 2 aromatic carbocycles. The van der Waals surface area contributed by atoms with Gasteiger partial charge in [0.1, 0.15) is 5.69 Å². The lowest BCUT2D eigenvalue weighted by Gasteiger charge is -2.19. The van der Waals surface area contributed by atoms with Crippen molar-refractivity contribution in [2.24, 2.45) is 0 Å². The van der Waals surface area contributed by atoms with E-state index < -0.39 is 15.9 Å². The maximum atomic E-state index is 12.8. The predicted molar refractivity (Wildman–Crippen MR) is 117 cm³/mol.